The number of esters is 1. The Morgan fingerprint density at radius 3 is 2.42 bits per heavy atom. The maximum atomic E-state index is 11.9. The number of amides is 1. The van der Waals surface area contributed by atoms with Gasteiger partial charge in [-0.15, -0.1) is 0 Å². The minimum Gasteiger partial charge on any atom is -0.491 e. The first kappa shape index (κ1) is 18.1. The third-order valence-corrected chi connectivity index (χ3v) is 3.72. The molecule has 1 N–H and O–H groups in total. The average molecular weight is 335 g/mol. The molecule has 0 atom stereocenters. The smallest absolute Gasteiger partial charge is 0.408 e. The summed E-state index contributed by atoms with van der Waals surface area (Å²) in [5, 5.41) is 2.89. The molecule has 0 spiro atoms. The van der Waals surface area contributed by atoms with Gasteiger partial charge in [0.1, 0.15) is 18.0 Å². The highest BCUT2D eigenvalue weighted by Gasteiger charge is 2.46. The number of alkyl carbamates (subject to hydrolysis) is 1. The molecule has 0 bridgehead atoms. The zero-order valence-electron chi connectivity index (χ0n) is 14.9. The van der Waals surface area contributed by atoms with Gasteiger partial charge in [-0.2, -0.15) is 0 Å². The van der Waals surface area contributed by atoms with Gasteiger partial charge < -0.3 is 19.5 Å². The standard InChI is InChI=1S/C18H25NO5/c1-12-10-13(15(20)22-5)6-7-14(12)23-11-18(8-9-18)19-16(21)24-17(2,3)4/h6-7,10H,8-9,11H2,1-5H3,(H,19,21). The van der Waals surface area contributed by atoms with Crippen molar-refractivity contribution in [2.45, 2.75) is 51.7 Å². The molecule has 6 heteroatoms. The first-order chi connectivity index (χ1) is 11.1. The molecule has 0 aliphatic heterocycles. The van der Waals surface area contributed by atoms with Crippen molar-refractivity contribution < 1.29 is 23.8 Å². The van der Waals surface area contributed by atoms with Gasteiger partial charge in [0, 0.05) is 0 Å². The fourth-order valence-corrected chi connectivity index (χ4v) is 2.25. The SMILES string of the molecule is COC(=O)c1ccc(OCC2(NC(=O)OC(C)(C)C)CC2)c(C)c1. The summed E-state index contributed by atoms with van der Waals surface area (Å²) in [5.41, 5.74) is 0.429. The van der Waals surface area contributed by atoms with Crippen LogP contribution in [0.5, 0.6) is 5.75 Å². The van der Waals surface area contributed by atoms with Crippen LogP contribution in [0.2, 0.25) is 0 Å². The summed E-state index contributed by atoms with van der Waals surface area (Å²) in [4.78, 5) is 23.4. The van der Waals surface area contributed by atoms with Gasteiger partial charge in [-0.05, 0) is 64.3 Å². The summed E-state index contributed by atoms with van der Waals surface area (Å²) in [6.45, 7) is 7.71. The maximum absolute atomic E-state index is 11.9. The Hall–Kier alpha value is -2.24. The van der Waals surface area contributed by atoms with Crippen LogP contribution >= 0.6 is 0 Å². The number of hydrogen-bond acceptors (Lipinski definition) is 5. The van der Waals surface area contributed by atoms with E-state index in [9.17, 15) is 9.59 Å². The van der Waals surface area contributed by atoms with Crippen LogP contribution in [-0.4, -0.2) is 36.9 Å². The predicted molar refractivity (Wildman–Crippen MR) is 89.3 cm³/mol. The van der Waals surface area contributed by atoms with E-state index in [1.165, 1.54) is 7.11 Å². The number of hydrogen-bond donors (Lipinski definition) is 1. The molecule has 6 nitrogen and oxygen atoms in total. The second kappa shape index (κ2) is 6.71. The van der Waals surface area contributed by atoms with Gasteiger partial charge in [-0.25, -0.2) is 9.59 Å². The molecule has 1 aromatic carbocycles. The van der Waals surface area contributed by atoms with Crippen LogP contribution in [0.3, 0.4) is 0 Å². The molecular formula is C18H25NO5. The van der Waals surface area contributed by atoms with Gasteiger partial charge in [0.25, 0.3) is 0 Å². The van der Waals surface area contributed by atoms with Gasteiger partial charge >= 0.3 is 12.1 Å². The summed E-state index contributed by atoms with van der Waals surface area (Å²) in [5.74, 6) is 0.301. The van der Waals surface area contributed by atoms with Crippen molar-refractivity contribution in [3.8, 4) is 5.75 Å². The van der Waals surface area contributed by atoms with E-state index in [4.69, 9.17) is 14.2 Å². The molecule has 1 aliphatic carbocycles. The molecule has 2 rings (SSSR count). The Labute approximate surface area is 142 Å². The summed E-state index contributed by atoms with van der Waals surface area (Å²) in [6, 6.07) is 5.13. The highest BCUT2D eigenvalue weighted by Crippen LogP contribution is 2.36. The summed E-state index contributed by atoms with van der Waals surface area (Å²) >= 11 is 0. The summed E-state index contributed by atoms with van der Waals surface area (Å²) < 4.78 is 15.8. The predicted octanol–water partition coefficient (Wildman–Crippen LogP) is 3.22. The molecule has 0 heterocycles. The molecule has 132 valence electrons. The summed E-state index contributed by atoms with van der Waals surface area (Å²) in [6.07, 6.45) is 1.28. The van der Waals surface area contributed by atoms with Gasteiger partial charge in [-0.3, -0.25) is 0 Å². The molecule has 0 saturated heterocycles. The van der Waals surface area contributed by atoms with Crippen LogP contribution < -0.4 is 10.1 Å². The van der Waals surface area contributed by atoms with Crippen LogP contribution in [-0.2, 0) is 9.47 Å². The van der Waals surface area contributed by atoms with Crippen molar-refractivity contribution in [1.82, 2.24) is 5.32 Å². The number of benzene rings is 1. The number of carbonyl (C=O) groups excluding carboxylic acids is 2. The van der Waals surface area contributed by atoms with Crippen LogP contribution in [0, 0.1) is 6.92 Å². The lowest BCUT2D eigenvalue weighted by Crippen LogP contribution is -2.44. The molecular weight excluding hydrogens is 310 g/mol. The molecule has 1 aromatic rings. The van der Waals surface area contributed by atoms with Gasteiger partial charge in [0.2, 0.25) is 0 Å². The van der Waals surface area contributed by atoms with Crippen LogP contribution in [0.1, 0.15) is 49.5 Å². The van der Waals surface area contributed by atoms with Crippen molar-refractivity contribution in [2.24, 2.45) is 0 Å². The van der Waals surface area contributed by atoms with Crippen molar-refractivity contribution in [1.29, 1.82) is 0 Å². The third kappa shape index (κ3) is 4.88. The zero-order valence-corrected chi connectivity index (χ0v) is 14.9. The Morgan fingerprint density at radius 2 is 1.92 bits per heavy atom. The number of nitrogens with one attached hydrogen (secondary N) is 1. The molecule has 0 radical (unpaired) electrons. The second-order valence-corrected chi connectivity index (χ2v) is 7.17. The molecule has 1 saturated carbocycles. The number of aryl methyl sites for hydroxylation is 1. The van der Waals surface area contributed by atoms with E-state index in [1.807, 2.05) is 27.7 Å². The molecule has 24 heavy (non-hydrogen) atoms. The highest BCUT2D eigenvalue weighted by molar-refractivity contribution is 5.89. The summed E-state index contributed by atoms with van der Waals surface area (Å²) in [7, 11) is 1.35. The lowest BCUT2D eigenvalue weighted by atomic mass is 10.1. The molecule has 1 fully saturated rings. The van der Waals surface area contributed by atoms with Crippen LogP contribution in [0.4, 0.5) is 4.79 Å². The average Bonchev–Trinajstić information content (AvgIpc) is 3.22. The molecule has 1 amide bonds. The van der Waals surface area contributed by atoms with Gasteiger partial charge in [-0.1, -0.05) is 0 Å². The third-order valence-electron chi connectivity index (χ3n) is 3.72. The highest BCUT2D eigenvalue weighted by atomic mass is 16.6. The van der Waals surface area contributed by atoms with Crippen molar-refractivity contribution in [3.63, 3.8) is 0 Å². The van der Waals surface area contributed by atoms with Crippen LogP contribution in [0.25, 0.3) is 0 Å². The number of methoxy groups -OCH3 is 1. The number of carbonyl (C=O) groups is 2. The fraction of sp³-hybridized carbons (Fsp3) is 0.556. The number of rotatable bonds is 5. The number of ether oxygens (including phenoxy) is 3. The fourth-order valence-electron chi connectivity index (χ4n) is 2.25. The first-order valence-corrected chi connectivity index (χ1v) is 7.97. The lowest BCUT2D eigenvalue weighted by molar-refractivity contribution is 0.0476. The largest absolute Gasteiger partial charge is 0.491 e. The van der Waals surface area contributed by atoms with E-state index in [2.05, 4.69) is 5.32 Å². The second-order valence-electron chi connectivity index (χ2n) is 7.17. The lowest BCUT2D eigenvalue weighted by Gasteiger charge is -2.23. The topological polar surface area (TPSA) is 73.9 Å². The minimum absolute atomic E-state index is 0.365. The van der Waals surface area contributed by atoms with Crippen molar-refractivity contribution in [2.75, 3.05) is 13.7 Å². The molecule has 1 aliphatic rings. The Morgan fingerprint density at radius 1 is 1.25 bits per heavy atom. The molecule has 0 aromatic heterocycles. The maximum Gasteiger partial charge on any atom is 0.408 e. The van der Waals surface area contributed by atoms with Crippen molar-refractivity contribution in [3.05, 3.63) is 29.3 Å². The Bertz CT molecular complexity index is 629. The van der Waals surface area contributed by atoms with E-state index < -0.39 is 11.7 Å². The van der Waals surface area contributed by atoms with E-state index in [-0.39, 0.29) is 11.5 Å². The first-order valence-electron chi connectivity index (χ1n) is 7.97. The Kier molecular flexibility index (Phi) is 5.06. The minimum atomic E-state index is -0.526. The zero-order chi connectivity index (χ0) is 18.0. The quantitative estimate of drug-likeness (QED) is 0.836. The van der Waals surface area contributed by atoms with E-state index in [0.29, 0.717) is 17.9 Å². The van der Waals surface area contributed by atoms with E-state index in [0.717, 1.165) is 18.4 Å². The van der Waals surface area contributed by atoms with Gasteiger partial charge in [0.15, 0.2) is 0 Å². The normalized spacial score (nSPS) is 15.4. The van der Waals surface area contributed by atoms with E-state index in [1.54, 1.807) is 18.2 Å². The van der Waals surface area contributed by atoms with Crippen molar-refractivity contribution >= 4 is 12.1 Å². The van der Waals surface area contributed by atoms with Crippen LogP contribution in [0.15, 0.2) is 18.2 Å². The monoisotopic (exact) mass is 335 g/mol. The molecule has 0 unspecified atom stereocenters. The van der Waals surface area contributed by atoms with E-state index >= 15 is 0 Å². The van der Waals surface area contributed by atoms with Gasteiger partial charge in [0.05, 0.1) is 18.2 Å². The Balaban J connectivity index is 1.93.